The van der Waals surface area contributed by atoms with Crippen LogP contribution < -0.4 is 21.2 Å². The highest BCUT2D eigenvalue weighted by molar-refractivity contribution is 7.79. The predicted octanol–water partition coefficient (Wildman–Crippen LogP) is -2.07. The van der Waals surface area contributed by atoms with E-state index in [2.05, 4.69) is 0 Å². The third-order valence-electron chi connectivity index (χ3n) is 2.23. The van der Waals surface area contributed by atoms with E-state index in [0.29, 0.717) is 4.57 Å². The van der Waals surface area contributed by atoms with Gasteiger partial charge in [0, 0.05) is 0 Å². The molecule has 1 unspecified atom stereocenters. The van der Waals surface area contributed by atoms with Crippen LogP contribution in [0.5, 0.6) is 0 Å². The van der Waals surface area contributed by atoms with Crippen LogP contribution in [0.4, 0.5) is 0 Å². The number of hydrogen-bond acceptors (Lipinski definition) is 5. The Hall–Kier alpha value is -2.26. The molecule has 92 valence electrons. The van der Waals surface area contributed by atoms with Crippen molar-refractivity contribution in [1.29, 1.82) is 0 Å². The molecule has 0 fully saturated rings. The summed E-state index contributed by atoms with van der Waals surface area (Å²) in [6.07, 6.45) is 0. The van der Waals surface area contributed by atoms with Gasteiger partial charge in [-0.05, 0) is 24.3 Å². The van der Waals surface area contributed by atoms with E-state index < -0.39 is 32.3 Å². The Morgan fingerprint density at radius 2 is 1.67 bits per heavy atom. The van der Waals surface area contributed by atoms with Crippen molar-refractivity contribution in [1.82, 2.24) is 4.57 Å². The third-order valence-corrected chi connectivity index (χ3v) is 2.91. The molecule has 18 heavy (non-hydrogen) atoms. The van der Waals surface area contributed by atoms with Gasteiger partial charge >= 0.3 is 16.8 Å². The normalized spacial score (nSPS) is 12.5. The van der Waals surface area contributed by atoms with Crippen molar-refractivity contribution >= 4 is 11.1 Å². The highest BCUT2D eigenvalue weighted by Crippen LogP contribution is 2.08. The van der Waals surface area contributed by atoms with Crippen molar-refractivity contribution in [3.63, 3.8) is 0 Å². The number of imidazole rings is 1. The van der Waals surface area contributed by atoms with Crippen LogP contribution in [0.3, 0.4) is 0 Å². The smallest absolute Gasteiger partial charge is 0.302 e. The number of aromatic nitrogens is 2. The average Bonchev–Trinajstić information content (AvgIpc) is 2.54. The summed E-state index contributed by atoms with van der Waals surface area (Å²) in [5.74, 6) is 0. The van der Waals surface area contributed by atoms with Crippen LogP contribution in [0.2, 0.25) is 0 Å². The van der Waals surface area contributed by atoms with Crippen molar-refractivity contribution in [3.8, 4) is 5.69 Å². The highest BCUT2D eigenvalue weighted by Gasteiger charge is 2.25. The van der Waals surface area contributed by atoms with Gasteiger partial charge in [-0.2, -0.15) is 4.79 Å². The van der Waals surface area contributed by atoms with Gasteiger partial charge in [0.25, 0.3) is 0 Å². The summed E-state index contributed by atoms with van der Waals surface area (Å²) in [6.45, 7) is 0. The van der Waals surface area contributed by atoms with Gasteiger partial charge in [0.1, 0.15) is 10.1 Å². The van der Waals surface area contributed by atoms with Crippen molar-refractivity contribution in [2.24, 2.45) is 0 Å². The first kappa shape index (κ1) is 12.2. The van der Waals surface area contributed by atoms with E-state index in [4.69, 9.17) is 4.55 Å². The number of rotatable bonds is 2. The molecule has 2 aromatic rings. The lowest BCUT2D eigenvalue weighted by Crippen LogP contribution is -2.46. The lowest BCUT2D eigenvalue weighted by atomic mass is 10.3. The molecule has 0 amide bonds. The van der Waals surface area contributed by atoms with Gasteiger partial charge < -0.3 is 4.55 Å². The van der Waals surface area contributed by atoms with Gasteiger partial charge in [-0.15, -0.1) is 4.57 Å². The molecule has 2 rings (SSSR count). The zero-order chi connectivity index (χ0) is 13.4. The quantitative estimate of drug-likeness (QED) is 0.380. The van der Waals surface area contributed by atoms with Gasteiger partial charge in [0.15, 0.2) is 11.1 Å². The minimum Gasteiger partial charge on any atom is -0.302 e. The SMILES string of the molecule is O=c1c(=O)[n+](=O)c(=O)n1-c1ccc(S(=O)O)cc1. The number of nitrogens with zero attached hydrogens (tertiary/aromatic N) is 2. The molecule has 1 atom stereocenters. The molecule has 0 saturated heterocycles. The molecule has 9 heteroatoms. The van der Waals surface area contributed by atoms with Gasteiger partial charge in [-0.25, -0.2) is 13.8 Å². The van der Waals surface area contributed by atoms with Crippen molar-refractivity contribution in [3.05, 3.63) is 60.4 Å². The largest absolute Gasteiger partial charge is 0.554 e. The van der Waals surface area contributed by atoms with Crippen LogP contribution in [0, 0.1) is 4.91 Å². The molecule has 0 radical (unpaired) electrons. The zero-order valence-corrected chi connectivity index (χ0v) is 9.42. The second-order valence-corrected chi connectivity index (χ2v) is 4.24. The van der Waals surface area contributed by atoms with E-state index in [9.17, 15) is 23.5 Å². The maximum atomic E-state index is 11.3. The first-order valence-corrected chi connectivity index (χ1v) is 5.64. The van der Waals surface area contributed by atoms with E-state index in [1.807, 2.05) is 0 Å². The maximum Gasteiger partial charge on any atom is 0.554 e. The molecule has 1 N–H and O–H groups in total. The first-order valence-electron chi connectivity index (χ1n) is 4.54. The van der Waals surface area contributed by atoms with E-state index in [-0.39, 0.29) is 10.6 Å². The maximum absolute atomic E-state index is 11.3. The van der Waals surface area contributed by atoms with E-state index in [1.165, 1.54) is 24.3 Å². The highest BCUT2D eigenvalue weighted by atomic mass is 32.2. The lowest BCUT2D eigenvalue weighted by Gasteiger charge is -1.95. The number of benzene rings is 1. The summed E-state index contributed by atoms with van der Waals surface area (Å²) in [6, 6.07) is 4.77. The second kappa shape index (κ2) is 4.20. The molecule has 1 aromatic carbocycles. The summed E-state index contributed by atoms with van der Waals surface area (Å²) in [4.78, 5) is 44.7. The van der Waals surface area contributed by atoms with Crippen LogP contribution in [-0.4, -0.2) is 13.3 Å². The Morgan fingerprint density at radius 3 is 2.06 bits per heavy atom. The summed E-state index contributed by atoms with van der Waals surface area (Å²) >= 11 is -2.20. The molecule has 0 aliphatic heterocycles. The molecule has 8 nitrogen and oxygen atoms in total. The molecule has 0 spiro atoms. The molecule has 1 aromatic heterocycles. The first-order chi connectivity index (χ1) is 8.43. The zero-order valence-electron chi connectivity index (χ0n) is 8.60. The summed E-state index contributed by atoms with van der Waals surface area (Å²) in [5.41, 5.74) is -4.04. The Labute approximate surface area is 100 Å². The standard InChI is InChI=1S/C9H4N2O6S/c12-7-8(13)11(15)9(14)10(7)5-1-3-6(4-2-5)18(16)17/h1-4H/p+1. The molecule has 0 bridgehead atoms. The van der Waals surface area contributed by atoms with Gasteiger partial charge in [0.05, 0.1) is 4.90 Å². The van der Waals surface area contributed by atoms with Crippen molar-refractivity contribution in [2.75, 3.05) is 0 Å². The Bertz CT molecular complexity index is 786. The molecular formula is C9H5N2O6S+. The molecular weight excluding hydrogens is 264 g/mol. The Balaban J connectivity index is 2.71. The van der Waals surface area contributed by atoms with E-state index >= 15 is 0 Å². The Morgan fingerprint density at radius 1 is 1.11 bits per heavy atom. The van der Waals surface area contributed by atoms with E-state index in [0.717, 1.165) is 0 Å². The summed E-state index contributed by atoms with van der Waals surface area (Å²) in [7, 11) is 0. The average molecular weight is 269 g/mol. The summed E-state index contributed by atoms with van der Waals surface area (Å²) < 4.78 is 19.4. The van der Waals surface area contributed by atoms with Crippen molar-refractivity contribution < 1.29 is 13.2 Å². The monoisotopic (exact) mass is 269 g/mol. The van der Waals surface area contributed by atoms with Crippen LogP contribution in [0.15, 0.2) is 43.5 Å². The minimum absolute atomic E-state index is 0.0223. The van der Waals surface area contributed by atoms with Crippen LogP contribution in [-0.2, 0) is 11.1 Å². The minimum atomic E-state index is -2.20. The Kier molecular flexibility index (Phi) is 2.85. The lowest BCUT2D eigenvalue weighted by molar-refractivity contribution is -0.527. The van der Waals surface area contributed by atoms with Gasteiger partial charge in [0.2, 0.25) is 0 Å². The van der Waals surface area contributed by atoms with Crippen LogP contribution in [0.1, 0.15) is 0 Å². The fourth-order valence-corrected chi connectivity index (χ4v) is 1.76. The molecule has 1 heterocycles. The van der Waals surface area contributed by atoms with Gasteiger partial charge in [-0.3, -0.25) is 0 Å². The topological polar surface area (TPSA) is 116 Å². The predicted molar refractivity (Wildman–Crippen MR) is 59.4 cm³/mol. The van der Waals surface area contributed by atoms with Gasteiger partial charge in [-0.1, -0.05) is 4.91 Å². The molecule has 0 aliphatic carbocycles. The van der Waals surface area contributed by atoms with Crippen molar-refractivity contribution in [2.45, 2.75) is 4.90 Å². The second-order valence-electron chi connectivity index (χ2n) is 3.27. The fraction of sp³-hybridized carbons (Fsp3) is 0. The molecule has 0 aliphatic rings. The molecule has 0 saturated carbocycles. The third kappa shape index (κ3) is 1.75. The van der Waals surface area contributed by atoms with Crippen LogP contribution >= 0.6 is 0 Å². The van der Waals surface area contributed by atoms with E-state index in [1.54, 1.807) is 0 Å². The summed E-state index contributed by atoms with van der Waals surface area (Å²) in [5, 5.41) is 0. The fourth-order valence-electron chi connectivity index (χ4n) is 1.39. The van der Waals surface area contributed by atoms with Crippen LogP contribution in [0.25, 0.3) is 5.69 Å². The number of hydrogen-bond donors (Lipinski definition) is 1.